The standard InChI is InChI=1S/C30H37N3O2S/c1-29(2,3)23-6-4-22(5-7-23)27(35)31-24-8-10-25(11-9-24)32-28(36)33-26(34)18-30-15-19-12-20(16-30)14-21(13-19)17-30/h4-11,19-21H,12-18H2,1-3H3,(H,31,35)(H2,32,33,34,36). The van der Waals surface area contributed by atoms with Crippen LogP contribution < -0.4 is 16.0 Å². The van der Waals surface area contributed by atoms with Crippen LogP contribution in [-0.4, -0.2) is 16.9 Å². The summed E-state index contributed by atoms with van der Waals surface area (Å²) < 4.78 is 0. The summed E-state index contributed by atoms with van der Waals surface area (Å²) in [6, 6.07) is 15.0. The highest BCUT2D eigenvalue weighted by atomic mass is 32.1. The first kappa shape index (κ1) is 24.9. The van der Waals surface area contributed by atoms with Gasteiger partial charge in [-0.1, -0.05) is 32.9 Å². The van der Waals surface area contributed by atoms with Crippen LogP contribution >= 0.6 is 12.2 Å². The van der Waals surface area contributed by atoms with Gasteiger partial charge in [-0.15, -0.1) is 0 Å². The first-order valence-electron chi connectivity index (χ1n) is 13.2. The van der Waals surface area contributed by atoms with Crippen LogP contribution in [0, 0.1) is 23.2 Å². The van der Waals surface area contributed by atoms with Crippen molar-refractivity contribution in [2.24, 2.45) is 23.2 Å². The molecule has 4 aliphatic rings. The number of benzene rings is 2. The molecule has 36 heavy (non-hydrogen) atoms. The molecule has 3 N–H and O–H groups in total. The lowest BCUT2D eigenvalue weighted by Gasteiger charge is -2.56. The molecule has 0 aromatic heterocycles. The van der Waals surface area contributed by atoms with Crippen LogP contribution in [0.5, 0.6) is 0 Å². The van der Waals surface area contributed by atoms with Gasteiger partial charge in [0, 0.05) is 23.4 Å². The van der Waals surface area contributed by atoms with Gasteiger partial charge in [0.15, 0.2) is 5.11 Å². The van der Waals surface area contributed by atoms with E-state index in [0.29, 0.717) is 22.8 Å². The first-order chi connectivity index (χ1) is 17.1. The van der Waals surface area contributed by atoms with E-state index in [1.165, 1.54) is 44.1 Å². The summed E-state index contributed by atoms with van der Waals surface area (Å²) in [5, 5.41) is 9.25. The summed E-state index contributed by atoms with van der Waals surface area (Å²) in [5.41, 5.74) is 3.52. The van der Waals surface area contributed by atoms with Crippen molar-refractivity contribution in [3.8, 4) is 0 Å². The number of thiocarbonyl (C=S) groups is 1. The highest BCUT2D eigenvalue weighted by Gasteiger charge is 2.51. The largest absolute Gasteiger partial charge is 0.332 e. The minimum absolute atomic E-state index is 0.0239. The zero-order valence-corrected chi connectivity index (χ0v) is 22.3. The van der Waals surface area contributed by atoms with Crippen LogP contribution in [0.25, 0.3) is 0 Å². The molecule has 0 heterocycles. The lowest BCUT2D eigenvalue weighted by Crippen LogP contribution is -2.48. The third kappa shape index (κ3) is 5.64. The van der Waals surface area contributed by atoms with E-state index in [4.69, 9.17) is 12.2 Å². The molecule has 5 nitrogen and oxygen atoms in total. The average molecular weight is 504 g/mol. The highest BCUT2D eigenvalue weighted by Crippen LogP contribution is 2.61. The summed E-state index contributed by atoms with van der Waals surface area (Å²) in [6.45, 7) is 6.45. The van der Waals surface area contributed by atoms with E-state index < -0.39 is 0 Å². The van der Waals surface area contributed by atoms with Crippen molar-refractivity contribution in [1.82, 2.24) is 5.32 Å². The third-order valence-corrected chi connectivity index (χ3v) is 8.57. The molecular weight excluding hydrogens is 466 g/mol. The van der Waals surface area contributed by atoms with Crippen LogP contribution in [0.2, 0.25) is 0 Å². The molecule has 0 atom stereocenters. The Balaban J connectivity index is 1.11. The molecule has 2 aromatic carbocycles. The number of carbonyl (C=O) groups is 2. The van der Waals surface area contributed by atoms with Crippen LogP contribution in [-0.2, 0) is 10.2 Å². The maximum Gasteiger partial charge on any atom is 0.255 e. The number of rotatable bonds is 5. The second-order valence-corrected chi connectivity index (χ2v) is 12.9. The maximum atomic E-state index is 12.8. The Kier molecular flexibility index (Phi) is 6.67. The quantitative estimate of drug-likeness (QED) is 0.399. The van der Waals surface area contributed by atoms with Crippen LogP contribution in [0.3, 0.4) is 0 Å². The van der Waals surface area contributed by atoms with E-state index in [9.17, 15) is 9.59 Å². The first-order valence-corrected chi connectivity index (χ1v) is 13.6. The molecule has 2 aromatic rings. The maximum absolute atomic E-state index is 12.8. The van der Waals surface area contributed by atoms with Gasteiger partial charge in [-0.3, -0.25) is 9.59 Å². The molecule has 0 radical (unpaired) electrons. The van der Waals surface area contributed by atoms with E-state index in [1.54, 1.807) is 0 Å². The second-order valence-electron chi connectivity index (χ2n) is 12.5. The zero-order valence-electron chi connectivity index (χ0n) is 21.5. The summed E-state index contributed by atoms with van der Waals surface area (Å²) in [7, 11) is 0. The topological polar surface area (TPSA) is 70.2 Å². The SMILES string of the molecule is CC(C)(C)c1ccc(C(=O)Nc2ccc(NC(=S)NC(=O)CC34CC5CC(CC(C5)C3)C4)cc2)cc1. The van der Waals surface area contributed by atoms with Crippen molar-refractivity contribution in [1.29, 1.82) is 0 Å². The van der Waals surface area contributed by atoms with Crippen LogP contribution in [0.1, 0.15) is 81.6 Å². The Hall–Kier alpha value is -2.73. The van der Waals surface area contributed by atoms with E-state index in [1.807, 2.05) is 48.5 Å². The van der Waals surface area contributed by atoms with Crippen molar-refractivity contribution >= 4 is 40.5 Å². The average Bonchev–Trinajstić information content (AvgIpc) is 2.78. The Morgan fingerprint density at radius 3 is 1.83 bits per heavy atom. The van der Waals surface area contributed by atoms with Gasteiger partial charge < -0.3 is 16.0 Å². The summed E-state index contributed by atoms with van der Waals surface area (Å²) in [6.07, 6.45) is 8.34. The van der Waals surface area contributed by atoms with Gasteiger partial charge in [0.05, 0.1) is 0 Å². The van der Waals surface area contributed by atoms with Gasteiger partial charge in [-0.05, 0) is 121 Å². The third-order valence-electron chi connectivity index (χ3n) is 8.37. The second kappa shape index (κ2) is 9.62. The van der Waals surface area contributed by atoms with Crippen molar-refractivity contribution in [2.75, 3.05) is 10.6 Å². The van der Waals surface area contributed by atoms with Gasteiger partial charge in [-0.25, -0.2) is 0 Å². The Bertz CT molecular complexity index is 1110. The molecule has 6 rings (SSSR count). The molecule has 4 fully saturated rings. The normalized spacial score (nSPS) is 26.4. The van der Waals surface area contributed by atoms with Gasteiger partial charge in [0.2, 0.25) is 5.91 Å². The molecule has 0 saturated heterocycles. The summed E-state index contributed by atoms with van der Waals surface area (Å²) >= 11 is 5.41. The predicted molar refractivity (Wildman–Crippen MR) is 149 cm³/mol. The minimum atomic E-state index is -0.149. The smallest absolute Gasteiger partial charge is 0.255 e. The Morgan fingerprint density at radius 2 is 1.33 bits per heavy atom. The van der Waals surface area contributed by atoms with E-state index >= 15 is 0 Å². The predicted octanol–water partition coefficient (Wildman–Crippen LogP) is 6.66. The molecule has 4 aliphatic carbocycles. The van der Waals surface area contributed by atoms with Crippen molar-refractivity contribution < 1.29 is 9.59 Å². The van der Waals surface area contributed by atoms with E-state index in [-0.39, 0.29) is 22.6 Å². The molecule has 190 valence electrons. The Morgan fingerprint density at radius 1 is 0.833 bits per heavy atom. The molecule has 6 heteroatoms. The number of carbonyl (C=O) groups excluding carboxylic acids is 2. The van der Waals surface area contributed by atoms with E-state index in [2.05, 4.69) is 36.7 Å². The van der Waals surface area contributed by atoms with Crippen molar-refractivity contribution in [2.45, 2.75) is 71.1 Å². The van der Waals surface area contributed by atoms with Gasteiger partial charge in [0.25, 0.3) is 5.91 Å². The molecule has 4 bridgehead atoms. The summed E-state index contributed by atoms with van der Waals surface area (Å²) in [5.74, 6) is 2.36. The summed E-state index contributed by atoms with van der Waals surface area (Å²) in [4.78, 5) is 25.5. The van der Waals surface area contributed by atoms with Gasteiger partial charge >= 0.3 is 0 Å². The number of hydrogen-bond donors (Lipinski definition) is 3. The molecule has 0 aliphatic heterocycles. The number of anilines is 2. The minimum Gasteiger partial charge on any atom is -0.332 e. The van der Waals surface area contributed by atoms with Crippen LogP contribution in [0.4, 0.5) is 11.4 Å². The Labute approximate surface area is 219 Å². The fourth-order valence-electron chi connectivity index (χ4n) is 7.14. The van der Waals surface area contributed by atoms with Crippen molar-refractivity contribution in [3.63, 3.8) is 0 Å². The lowest BCUT2D eigenvalue weighted by molar-refractivity contribution is -0.127. The fraction of sp³-hybridized carbons (Fsp3) is 0.500. The number of nitrogens with one attached hydrogen (secondary N) is 3. The van der Waals surface area contributed by atoms with Crippen LogP contribution in [0.15, 0.2) is 48.5 Å². The zero-order chi connectivity index (χ0) is 25.5. The molecular formula is C30H37N3O2S. The molecule has 4 saturated carbocycles. The number of hydrogen-bond acceptors (Lipinski definition) is 3. The van der Waals surface area contributed by atoms with E-state index in [0.717, 1.165) is 23.4 Å². The highest BCUT2D eigenvalue weighted by molar-refractivity contribution is 7.80. The fourth-order valence-corrected chi connectivity index (χ4v) is 7.37. The molecule has 0 unspecified atom stereocenters. The monoisotopic (exact) mass is 503 g/mol. The number of amides is 2. The van der Waals surface area contributed by atoms with Crippen molar-refractivity contribution in [3.05, 3.63) is 59.7 Å². The lowest BCUT2D eigenvalue weighted by atomic mass is 9.49. The van der Waals surface area contributed by atoms with Gasteiger partial charge in [0.1, 0.15) is 0 Å². The molecule has 0 spiro atoms. The van der Waals surface area contributed by atoms with Gasteiger partial charge in [-0.2, -0.15) is 0 Å². The molecule has 2 amide bonds.